The highest BCUT2D eigenvalue weighted by Gasteiger charge is 2.25. The van der Waals surface area contributed by atoms with E-state index in [4.69, 9.17) is 19.6 Å². The number of carbonyl (C=O) groups is 1. The van der Waals surface area contributed by atoms with Crippen LogP contribution in [0.5, 0.6) is 0 Å². The van der Waals surface area contributed by atoms with Gasteiger partial charge in [0.2, 0.25) is 11.8 Å². The van der Waals surface area contributed by atoms with Gasteiger partial charge in [0.25, 0.3) is 0 Å². The number of rotatable bonds is 8. The third-order valence-electron chi connectivity index (χ3n) is 2.76. The van der Waals surface area contributed by atoms with Gasteiger partial charge in [0.05, 0.1) is 12.6 Å². The van der Waals surface area contributed by atoms with Gasteiger partial charge in [0.1, 0.15) is 11.6 Å². The molecule has 0 fully saturated rings. The quantitative estimate of drug-likeness (QED) is 0.705. The number of ether oxygens (including phenoxy) is 2. The van der Waals surface area contributed by atoms with Gasteiger partial charge in [-0.3, -0.25) is 0 Å². The van der Waals surface area contributed by atoms with E-state index in [9.17, 15) is 4.79 Å². The summed E-state index contributed by atoms with van der Waals surface area (Å²) in [4.78, 5) is 12.0. The van der Waals surface area contributed by atoms with Gasteiger partial charge >= 0.3 is 6.09 Å². The van der Waals surface area contributed by atoms with Crippen LogP contribution in [0.2, 0.25) is 0 Å². The molecule has 132 valence electrons. The van der Waals surface area contributed by atoms with Crippen molar-refractivity contribution in [3.63, 3.8) is 0 Å². The predicted molar refractivity (Wildman–Crippen MR) is 84.7 cm³/mol. The summed E-state index contributed by atoms with van der Waals surface area (Å²) in [5, 5.41) is 10.5. The number of amides is 1. The maximum Gasteiger partial charge on any atom is 0.408 e. The summed E-state index contributed by atoms with van der Waals surface area (Å²) in [5.41, 5.74) is 5.12. The highest BCUT2D eigenvalue weighted by molar-refractivity contribution is 5.68. The van der Waals surface area contributed by atoms with Crippen LogP contribution in [0.25, 0.3) is 0 Å². The standard InChI is InChI=1S/C15H28N4O4/c1-6-7-8-21-9-11(17-14(20)23-15(3,4)5)13-19-18-12(22-13)10(2)16/h10-11H,6-9,16H2,1-5H3,(H,17,20)/t10-,11-/m0/s1. The Morgan fingerprint density at radius 2 is 2.00 bits per heavy atom. The van der Waals surface area contributed by atoms with Crippen LogP contribution in [-0.2, 0) is 9.47 Å². The second kappa shape index (κ2) is 8.83. The average molecular weight is 328 g/mol. The molecule has 0 saturated carbocycles. The highest BCUT2D eigenvalue weighted by Crippen LogP contribution is 2.17. The van der Waals surface area contributed by atoms with Crippen molar-refractivity contribution in [2.45, 2.75) is 65.1 Å². The molecule has 0 aliphatic heterocycles. The van der Waals surface area contributed by atoms with Crippen LogP contribution in [0, 0.1) is 0 Å². The molecule has 1 amide bonds. The molecule has 1 aromatic heterocycles. The van der Waals surface area contributed by atoms with Crippen LogP contribution in [0.3, 0.4) is 0 Å². The largest absolute Gasteiger partial charge is 0.444 e. The number of nitrogens with zero attached hydrogens (tertiary/aromatic N) is 2. The van der Waals surface area contributed by atoms with Crippen molar-refractivity contribution in [1.82, 2.24) is 15.5 Å². The van der Waals surface area contributed by atoms with Gasteiger partial charge in [-0.25, -0.2) is 4.79 Å². The first-order chi connectivity index (χ1) is 10.7. The third kappa shape index (κ3) is 7.43. The number of unbranched alkanes of at least 4 members (excludes halogenated alkanes) is 1. The van der Waals surface area contributed by atoms with Gasteiger partial charge in [-0.15, -0.1) is 10.2 Å². The first kappa shape index (κ1) is 19.4. The van der Waals surface area contributed by atoms with Crippen LogP contribution in [0.1, 0.15) is 71.3 Å². The Kier molecular flexibility index (Phi) is 7.44. The van der Waals surface area contributed by atoms with Crippen molar-refractivity contribution >= 4 is 6.09 Å². The number of hydrogen-bond acceptors (Lipinski definition) is 7. The van der Waals surface area contributed by atoms with Crippen LogP contribution in [-0.4, -0.2) is 35.1 Å². The summed E-state index contributed by atoms with van der Waals surface area (Å²) in [6.07, 6.45) is 1.40. The van der Waals surface area contributed by atoms with Crippen molar-refractivity contribution in [3.8, 4) is 0 Å². The molecule has 3 N–H and O–H groups in total. The molecule has 23 heavy (non-hydrogen) atoms. The first-order valence-electron chi connectivity index (χ1n) is 7.89. The Morgan fingerprint density at radius 3 is 2.52 bits per heavy atom. The van der Waals surface area contributed by atoms with Gasteiger partial charge in [-0.05, 0) is 34.1 Å². The summed E-state index contributed by atoms with van der Waals surface area (Å²) in [5.74, 6) is 0.559. The van der Waals surface area contributed by atoms with Gasteiger partial charge in [-0.2, -0.15) is 0 Å². The van der Waals surface area contributed by atoms with Gasteiger partial charge in [0, 0.05) is 6.61 Å². The van der Waals surface area contributed by atoms with E-state index in [1.54, 1.807) is 27.7 Å². The van der Waals surface area contributed by atoms with Crippen molar-refractivity contribution in [3.05, 3.63) is 11.8 Å². The Hall–Kier alpha value is -1.67. The molecule has 0 aliphatic rings. The van der Waals surface area contributed by atoms with Gasteiger partial charge < -0.3 is 24.9 Å². The van der Waals surface area contributed by atoms with E-state index in [0.29, 0.717) is 12.5 Å². The normalized spacial score (nSPS) is 14.3. The van der Waals surface area contributed by atoms with E-state index >= 15 is 0 Å². The zero-order valence-corrected chi connectivity index (χ0v) is 14.6. The number of nitrogens with two attached hydrogens (primary N) is 1. The summed E-state index contributed by atoms with van der Waals surface area (Å²) in [6.45, 7) is 10.0. The number of aromatic nitrogens is 2. The van der Waals surface area contributed by atoms with Crippen LogP contribution in [0.4, 0.5) is 4.79 Å². The Balaban J connectivity index is 2.73. The molecular weight excluding hydrogens is 300 g/mol. The number of hydrogen-bond donors (Lipinski definition) is 2. The zero-order valence-electron chi connectivity index (χ0n) is 14.6. The van der Waals surface area contributed by atoms with Crippen molar-refractivity contribution in [2.24, 2.45) is 5.73 Å². The Morgan fingerprint density at radius 1 is 1.35 bits per heavy atom. The molecule has 0 aromatic carbocycles. The first-order valence-corrected chi connectivity index (χ1v) is 7.89. The molecule has 0 bridgehead atoms. The SMILES string of the molecule is CCCCOC[C@H](NC(=O)OC(C)(C)C)c1nnc([C@H](C)N)o1. The van der Waals surface area contributed by atoms with E-state index in [-0.39, 0.29) is 18.5 Å². The fraction of sp³-hybridized carbons (Fsp3) is 0.800. The summed E-state index contributed by atoms with van der Waals surface area (Å²) in [7, 11) is 0. The molecule has 0 radical (unpaired) electrons. The molecule has 1 heterocycles. The van der Waals surface area contributed by atoms with Crippen LogP contribution < -0.4 is 11.1 Å². The van der Waals surface area contributed by atoms with E-state index < -0.39 is 17.7 Å². The number of nitrogens with one attached hydrogen (secondary N) is 1. The van der Waals surface area contributed by atoms with Crippen LogP contribution in [0.15, 0.2) is 4.42 Å². The lowest BCUT2D eigenvalue weighted by Gasteiger charge is -2.22. The summed E-state index contributed by atoms with van der Waals surface area (Å²) < 4.78 is 16.3. The lowest BCUT2D eigenvalue weighted by Crippen LogP contribution is -2.37. The molecule has 0 saturated heterocycles. The van der Waals surface area contributed by atoms with E-state index in [1.807, 2.05) is 0 Å². The Labute approximate surface area is 137 Å². The number of carbonyl (C=O) groups excluding carboxylic acids is 1. The topological polar surface area (TPSA) is 112 Å². The summed E-state index contributed by atoms with van der Waals surface area (Å²) >= 11 is 0. The third-order valence-corrected chi connectivity index (χ3v) is 2.76. The molecular formula is C15H28N4O4. The molecule has 0 spiro atoms. The van der Waals surface area contributed by atoms with E-state index in [1.165, 1.54) is 0 Å². The maximum absolute atomic E-state index is 12.0. The van der Waals surface area contributed by atoms with Gasteiger partial charge in [0.15, 0.2) is 0 Å². The van der Waals surface area contributed by atoms with Crippen molar-refractivity contribution in [1.29, 1.82) is 0 Å². The molecule has 1 rings (SSSR count). The lowest BCUT2D eigenvalue weighted by molar-refractivity contribution is 0.0417. The number of alkyl carbamates (subject to hydrolysis) is 1. The van der Waals surface area contributed by atoms with Crippen molar-refractivity contribution < 1.29 is 18.7 Å². The minimum Gasteiger partial charge on any atom is -0.444 e. The maximum atomic E-state index is 12.0. The predicted octanol–water partition coefficient (Wildman–Crippen LogP) is 2.47. The fourth-order valence-electron chi connectivity index (χ4n) is 1.64. The Bertz CT molecular complexity index is 482. The zero-order chi connectivity index (χ0) is 17.5. The van der Waals surface area contributed by atoms with E-state index in [2.05, 4.69) is 22.4 Å². The highest BCUT2D eigenvalue weighted by atomic mass is 16.6. The molecule has 0 aliphatic carbocycles. The molecule has 0 unspecified atom stereocenters. The smallest absolute Gasteiger partial charge is 0.408 e. The molecule has 8 heteroatoms. The van der Waals surface area contributed by atoms with Gasteiger partial charge in [-0.1, -0.05) is 13.3 Å². The van der Waals surface area contributed by atoms with E-state index in [0.717, 1.165) is 12.8 Å². The second-order valence-electron chi connectivity index (χ2n) is 6.39. The lowest BCUT2D eigenvalue weighted by atomic mass is 10.2. The second-order valence-corrected chi connectivity index (χ2v) is 6.39. The molecule has 8 nitrogen and oxygen atoms in total. The molecule has 1 aromatic rings. The minimum absolute atomic E-state index is 0.222. The minimum atomic E-state index is -0.594. The average Bonchev–Trinajstić information content (AvgIpc) is 2.90. The van der Waals surface area contributed by atoms with Crippen LogP contribution >= 0.6 is 0 Å². The fourth-order valence-corrected chi connectivity index (χ4v) is 1.64. The monoisotopic (exact) mass is 328 g/mol. The molecule has 2 atom stereocenters. The summed E-state index contributed by atoms with van der Waals surface area (Å²) in [6, 6.07) is -0.957. The van der Waals surface area contributed by atoms with Crippen molar-refractivity contribution in [2.75, 3.05) is 13.2 Å².